The fourth-order valence-electron chi connectivity index (χ4n) is 4.09. The molecule has 1 heterocycles. The molecule has 146 valence electrons. The maximum absolute atomic E-state index is 12.0. The van der Waals surface area contributed by atoms with Gasteiger partial charge in [-0.15, -0.1) is 0 Å². The van der Waals surface area contributed by atoms with Crippen molar-refractivity contribution in [3.63, 3.8) is 0 Å². The normalized spacial score (nSPS) is 19.0. The van der Waals surface area contributed by atoms with E-state index in [9.17, 15) is 10.2 Å². The van der Waals surface area contributed by atoms with Crippen LogP contribution in [-0.4, -0.2) is 48.0 Å². The summed E-state index contributed by atoms with van der Waals surface area (Å²) in [7, 11) is 0. The lowest BCUT2D eigenvalue weighted by Crippen LogP contribution is -2.45. The highest BCUT2D eigenvalue weighted by Gasteiger charge is 2.41. The number of rotatable bonds is 7. The summed E-state index contributed by atoms with van der Waals surface area (Å²) in [6.07, 6.45) is 0.654. The molecule has 0 aliphatic carbocycles. The van der Waals surface area contributed by atoms with Gasteiger partial charge < -0.3 is 14.9 Å². The molecular formula is C23H31NO3. The molecule has 2 N–H and O–H groups in total. The Morgan fingerprint density at radius 3 is 2.22 bits per heavy atom. The van der Waals surface area contributed by atoms with Crippen molar-refractivity contribution in [2.75, 3.05) is 32.8 Å². The van der Waals surface area contributed by atoms with Crippen LogP contribution < -0.4 is 0 Å². The average molecular weight is 370 g/mol. The Morgan fingerprint density at radius 1 is 1.00 bits per heavy atom. The maximum Gasteiger partial charge on any atom is 0.115 e. The van der Waals surface area contributed by atoms with E-state index >= 15 is 0 Å². The molecule has 2 unspecified atom stereocenters. The Labute approximate surface area is 162 Å². The molecule has 0 aromatic heterocycles. The zero-order valence-electron chi connectivity index (χ0n) is 16.3. The van der Waals surface area contributed by atoms with E-state index in [2.05, 4.69) is 30.9 Å². The molecule has 2 aromatic rings. The Balaban J connectivity index is 2.01. The molecular weight excluding hydrogens is 338 g/mol. The molecule has 0 radical (unpaired) electrons. The molecule has 1 fully saturated rings. The Bertz CT molecular complexity index is 695. The van der Waals surface area contributed by atoms with Crippen LogP contribution in [0.5, 0.6) is 5.75 Å². The van der Waals surface area contributed by atoms with Crippen LogP contribution in [-0.2, 0) is 10.3 Å². The second kappa shape index (κ2) is 8.87. The lowest BCUT2D eigenvalue weighted by atomic mass is 9.72. The van der Waals surface area contributed by atoms with Gasteiger partial charge in [0.25, 0.3) is 0 Å². The fraction of sp³-hybridized carbons (Fsp3) is 0.478. The van der Waals surface area contributed by atoms with Crippen LogP contribution in [0.2, 0.25) is 0 Å². The SMILES string of the molecule is CC(C)CC(O)(c1ccc(O)cc1)C(CN1CCOCC1)c1ccccc1. The highest BCUT2D eigenvalue weighted by Crippen LogP contribution is 2.42. The fourth-order valence-corrected chi connectivity index (χ4v) is 4.09. The summed E-state index contributed by atoms with van der Waals surface area (Å²) in [5, 5.41) is 21.8. The number of aromatic hydroxyl groups is 1. The Hall–Kier alpha value is -1.88. The summed E-state index contributed by atoms with van der Waals surface area (Å²) in [5.74, 6) is 0.485. The summed E-state index contributed by atoms with van der Waals surface area (Å²) in [4.78, 5) is 2.38. The van der Waals surface area contributed by atoms with Crippen molar-refractivity contribution in [3.8, 4) is 5.75 Å². The van der Waals surface area contributed by atoms with Gasteiger partial charge in [0.15, 0.2) is 0 Å². The largest absolute Gasteiger partial charge is 0.508 e. The molecule has 1 aliphatic heterocycles. The first-order valence-electron chi connectivity index (χ1n) is 9.86. The quantitative estimate of drug-likeness (QED) is 0.781. The predicted molar refractivity (Wildman–Crippen MR) is 108 cm³/mol. The van der Waals surface area contributed by atoms with E-state index in [1.165, 1.54) is 0 Å². The van der Waals surface area contributed by atoms with Gasteiger partial charge in [-0.05, 0) is 35.6 Å². The minimum absolute atomic E-state index is 0.0660. The van der Waals surface area contributed by atoms with Crippen LogP contribution in [0.15, 0.2) is 54.6 Å². The zero-order valence-corrected chi connectivity index (χ0v) is 16.3. The number of hydrogen-bond acceptors (Lipinski definition) is 4. The van der Waals surface area contributed by atoms with Crippen molar-refractivity contribution in [1.29, 1.82) is 0 Å². The van der Waals surface area contributed by atoms with Crippen molar-refractivity contribution in [2.45, 2.75) is 31.8 Å². The van der Waals surface area contributed by atoms with E-state index in [0.717, 1.165) is 44.0 Å². The number of aliphatic hydroxyl groups is 1. The first-order chi connectivity index (χ1) is 13.0. The molecule has 3 rings (SSSR count). The molecule has 1 aliphatic rings. The first-order valence-corrected chi connectivity index (χ1v) is 9.86. The summed E-state index contributed by atoms with van der Waals surface area (Å²) in [5.41, 5.74) is 0.984. The number of phenolic OH excluding ortho intramolecular Hbond substituents is 1. The Kier molecular flexibility index (Phi) is 6.53. The number of hydrogen-bond donors (Lipinski definition) is 2. The van der Waals surface area contributed by atoms with E-state index < -0.39 is 5.60 Å². The molecule has 2 aromatic carbocycles. The summed E-state index contributed by atoms with van der Waals surface area (Å²) in [6.45, 7) is 8.31. The number of phenols is 1. The van der Waals surface area contributed by atoms with Crippen LogP contribution >= 0.6 is 0 Å². The summed E-state index contributed by atoms with van der Waals surface area (Å²) in [6, 6.07) is 17.3. The van der Waals surface area contributed by atoms with Gasteiger partial charge >= 0.3 is 0 Å². The predicted octanol–water partition coefficient (Wildman–Crippen LogP) is 3.74. The van der Waals surface area contributed by atoms with Crippen LogP contribution in [0.3, 0.4) is 0 Å². The topological polar surface area (TPSA) is 52.9 Å². The molecule has 4 heteroatoms. The van der Waals surface area contributed by atoms with E-state index in [1.807, 2.05) is 30.3 Å². The second-order valence-electron chi connectivity index (χ2n) is 7.95. The van der Waals surface area contributed by atoms with Gasteiger partial charge in [-0.1, -0.05) is 56.3 Å². The maximum atomic E-state index is 12.0. The van der Waals surface area contributed by atoms with Crippen LogP contribution in [0, 0.1) is 5.92 Å². The minimum atomic E-state index is -1.01. The first kappa shape index (κ1) is 19.9. The van der Waals surface area contributed by atoms with E-state index in [4.69, 9.17) is 4.74 Å². The monoisotopic (exact) mass is 369 g/mol. The summed E-state index contributed by atoms with van der Waals surface area (Å²) >= 11 is 0. The molecule has 0 amide bonds. The standard InChI is InChI=1S/C23H31NO3/c1-18(2)16-23(26,20-8-10-21(25)11-9-20)22(19-6-4-3-5-7-19)17-24-12-14-27-15-13-24/h3-11,18,22,25-26H,12-17H2,1-2H3. The molecule has 0 saturated carbocycles. The van der Waals surface area contributed by atoms with Gasteiger partial charge in [-0.2, -0.15) is 0 Å². The number of morpholine rings is 1. The van der Waals surface area contributed by atoms with Crippen molar-refractivity contribution in [3.05, 3.63) is 65.7 Å². The molecule has 4 nitrogen and oxygen atoms in total. The highest BCUT2D eigenvalue weighted by molar-refractivity contribution is 5.35. The average Bonchev–Trinajstić information content (AvgIpc) is 2.67. The van der Waals surface area contributed by atoms with Gasteiger partial charge in [0.2, 0.25) is 0 Å². The molecule has 27 heavy (non-hydrogen) atoms. The van der Waals surface area contributed by atoms with Crippen molar-refractivity contribution in [1.82, 2.24) is 4.90 Å². The highest BCUT2D eigenvalue weighted by atomic mass is 16.5. The van der Waals surface area contributed by atoms with Gasteiger partial charge in [0.1, 0.15) is 5.75 Å². The van der Waals surface area contributed by atoms with Crippen molar-refractivity contribution >= 4 is 0 Å². The molecule has 2 atom stereocenters. The van der Waals surface area contributed by atoms with Gasteiger partial charge in [-0.3, -0.25) is 4.90 Å². The lowest BCUT2D eigenvalue weighted by Gasteiger charge is -2.41. The van der Waals surface area contributed by atoms with Crippen LogP contribution in [0.1, 0.15) is 37.3 Å². The number of nitrogens with zero attached hydrogens (tertiary/aromatic N) is 1. The third kappa shape index (κ3) is 4.89. The zero-order chi connectivity index (χ0) is 19.3. The third-order valence-electron chi connectivity index (χ3n) is 5.41. The van der Waals surface area contributed by atoms with Crippen molar-refractivity contribution < 1.29 is 14.9 Å². The van der Waals surface area contributed by atoms with E-state index in [1.54, 1.807) is 12.1 Å². The van der Waals surface area contributed by atoms with Gasteiger partial charge in [0, 0.05) is 25.6 Å². The lowest BCUT2D eigenvalue weighted by molar-refractivity contribution is -0.0356. The smallest absolute Gasteiger partial charge is 0.115 e. The van der Waals surface area contributed by atoms with Crippen molar-refractivity contribution in [2.24, 2.45) is 5.92 Å². The Morgan fingerprint density at radius 2 is 1.63 bits per heavy atom. The van der Waals surface area contributed by atoms with E-state index in [0.29, 0.717) is 12.3 Å². The number of benzene rings is 2. The molecule has 0 spiro atoms. The third-order valence-corrected chi connectivity index (χ3v) is 5.41. The van der Waals surface area contributed by atoms with Crippen LogP contribution in [0.25, 0.3) is 0 Å². The molecule has 1 saturated heterocycles. The van der Waals surface area contributed by atoms with E-state index in [-0.39, 0.29) is 11.7 Å². The van der Waals surface area contributed by atoms with Crippen LogP contribution in [0.4, 0.5) is 0 Å². The molecule has 0 bridgehead atoms. The number of ether oxygens (including phenoxy) is 1. The minimum Gasteiger partial charge on any atom is -0.508 e. The van der Waals surface area contributed by atoms with Gasteiger partial charge in [0.05, 0.1) is 18.8 Å². The second-order valence-corrected chi connectivity index (χ2v) is 7.95. The summed E-state index contributed by atoms with van der Waals surface area (Å²) < 4.78 is 5.50. The van der Waals surface area contributed by atoms with Gasteiger partial charge in [-0.25, -0.2) is 0 Å².